The van der Waals surface area contributed by atoms with Crippen LogP contribution in [0, 0.1) is 6.92 Å². The first-order chi connectivity index (χ1) is 12.0. The Hall–Kier alpha value is -2.48. The molecule has 0 bridgehead atoms. The molecular formula is C17H20F2N4O2. The van der Waals surface area contributed by atoms with Gasteiger partial charge in [-0.15, -0.1) is 10.2 Å². The van der Waals surface area contributed by atoms with Crippen LogP contribution in [-0.4, -0.2) is 41.0 Å². The molecule has 1 aliphatic rings. The molecule has 25 heavy (non-hydrogen) atoms. The average Bonchev–Trinajstić information content (AvgIpc) is 2.56. The maximum Gasteiger partial charge on any atom is 0.387 e. The van der Waals surface area contributed by atoms with Crippen molar-refractivity contribution in [1.29, 1.82) is 0 Å². The molecular weight excluding hydrogens is 330 g/mol. The van der Waals surface area contributed by atoms with Crippen molar-refractivity contribution in [2.24, 2.45) is 0 Å². The van der Waals surface area contributed by atoms with Crippen LogP contribution in [0.3, 0.4) is 0 Å². The smallest absolute Gasteiger partial charge is 0.387 e. The van der Waals surface area contributed by atoms with Gasteiger partial charge in [0.1, 0.15) is 17.3 Å². The lowest BCUT2D eigenvalue weighted by Gasteiger charge is -2.24. The Bertz CT molecular complexity index is 737. The standard InChI is InChI=1S/C17H20F2N4O2/c1-10-7-15(21-11-3-2-6-20-9-11)22-23-16(10)13-5-4-12(8-14(13)24)25-17(18)19/h4-5,7-8,11,17,20,24H,2-3,6,9H2,1H3,(H,21,22). The van der Waals surface area contributed by atoms with Crippen molar-refractivity contribution < 1.29 is 18.6 Å². The van der Waals surface area contributed by atoms with Gasteiger partial charge in [-0.3, -0.25) is 0 Å². The van der Waals surface area contributed by atoms with E-state index in [4.69, 9.17) is 0 Å². The largest absolute Gasteiger partial charge is 0.507 e. The van der Waals surface area contributed by atoms with Crippen LogP contribution in [0.1, 0.15) is 18.4 Å². The Morgan fingerprint density at radius 1 is 1.32 bits per heavy atom. The summed E-state index contributed by atoms with van der Waals surface area (Å²) in [5.74, 6) is 0.379. The fraction of sp³-hybridized carbons (Fsp3) is 0.412. The molecule has 1 aliphatic heterocycles. The number of nitrogens with zero attached hydrogens (tertiary/aromatic N) is 2. The molecule has 6 nitrogen and oxygen atoms in total. The van der Waals surface area contributed by atoms with E-state index in [9.17, 15) is 13.9 Å². The van der Waals surface area contributed by atoms with Crippen LogP contribution < -0.4 is 15.4 Å². The number of phenols is 1. The van der Waals surface area contributed by atoms with Gasteiger partial charge in [-0.05, 0) is 50.1 Å². The predicted octanol–water partition coefficient (Wildman–Crippen LogP) is 2.92. The molecule has 0 spiro atoms. The summed E-state index contributed by atoms with van der Waals surface area (Å²) in [7, 11) is 0. The van der Waals surface area contributed by atoms with E-state index in [-0.39, 0.29) is 11.5 Å². The zero-order valence-corrected chi connectivity index (χ0v) is 13.8. The molecule has 134 valence electrons. The summed E-state index contributed by atoms with van der Waals surface area (Å²) < 4.78 is 28.8. The van der Waals surface area contributed by atoms with Crippen molar-refractivity contribution in [3.8, 4) is 22.8 Å². The van der Waals surface area contributed by atoms with Crippen LogP contribution >= 0.6 is 0 Å². The van der Waals surface area contributed by atoms with Gasteiger partial charge in [0, 0.05) is 24.2 Å². The molecule has 0 radical (unpaired) electrons. The first-order valence-electron chi connectivity index (χ1n) is 8.12. The second kappa shape index (κ2) is 7.60. The normalized spacial score (nSPS) is 17.5. The minimum absolute atomic E-state index is 0.107. The quantitative estimate of drug-likeness (QED) is 0.769. The van der Waals surface area contributed by atoms with E-state index in [1.54, 1.807) is 0 Å². The fourth-order valence-electron chi connectivity index (χ4n) is 2.89. The number of aromatic nitrogens is 2. The van der Waals surface area contributed by atoms with Gasteiger partial charge in [0.25, 0.3) is 0 Å². The van der Waals surface area contributed by atoms with Gasteiger partial charge < -0.3 is 20.5 Å². The number of hydrogen-bond acceptors (Lipinski definition) is 6. The summed E-state index contributed by atoms with van der Waals surface area (Å²) in [5.41, 5.74) is 1.73. The number of hydrogen-bond donors (Lipinski definition) is 3. The third kappa shape index (κ3) is 4.33. The lowest BCUT2D eigenvalue weighted by Crippen LogP contribution is -2.38. The van der Waals surface area contributed by atoms with Gasteiger partial charge in [-0.25, -0.2) is 0 Å². The van der Waals surface area contributed by atoms with Crippen molar-refractivity contribution in [3.05, 3.63) is 29.8 Å². The molecule has 3 rings (SSSR count). The molecule has 0 aliphatic carbocycles. The van der Waals surface area contributed by atoms with E-state index < -0.39 is 6.61 Å². The molecule has 1 atom stereocenters. The van der Waals surface area contributed by atoms with Crippen LogP contribution in [0.15, 0.2) is 24.3 Å². The van der Waals surface area contributed by atoms with Crippen molar-refractivity contribution in [3.63, 3.8) is 0 Å². The summed E-state index contributed by atoms with van der Waals surface area (Å²) in [6, 6.07) is 6.17. The first kappa shape index (κ1) is 17.3. The van der Waals surface area contributed by atoms with E-state index in [2.05, 4.69) is 25.6 Å². The second-order valence-corrected chi connectivity index (χ2v) is 6.01. The Morgan fingerprint density at radius 2 is 2.16 bits per heavy atom. The monoisotopic (exact) mass is 350 g/mol. The number of rotatable bonds is 5. The minimum Gasteiger partial charge on any atom is -0.507 e. The van der Waals surface area contributed by atoms with Crippen molar-refractivity contribution in [2.45, 2.75) is 32.4 Å². The summed E-state index contributed by atoms with van der Waals surface area (Å²) in [6.07, 6.45) is 2.19. The second-order valence-electron chi connectivity index (χ2n) is 6.01. The number of anilines is 1. The molecule has 2 heterocycles. The van der Waals surface area contributed by atoms with Crippen LogP contribution in [0.4, 0.5) is 14.6 Å². The highest BCUT2D eigenvalue weighted by Gasteiger charge is 2.16. The fourth-order valence-corrected chi connectivity index (χ4v) is 2.89. The van der Waals surface area contributed by atoms with Gasteiger partial charge in [-0.1, -0.05) is 0 Å². The highest BCUT2D eigenvalue weighted by atomic mass is 19.3. The van der Waals surface area contributed by atoms with Gasteiger partial charge in [0.2, 0.25) is 0 Å². The lowest BCUT2D eigenvalue weighted by atomic mass is 10.1. The molecule has 2 aromatic rings. The Morgan fingerprint density at radius 3 is 2.80 bits per heavy atom. The van der Waals surface area contributed by atoms with Gasteiger partial charge in [-0.2, -0.15) is 8.78 Å². The van der Waals surface area contributed by atoms with Crippen LogP contribution in [0.2, 0.25) is 0 Å². The van der Waals surface area contributed by atoms with Crippen molar-refractivity contribution >= 4 is 5.82 Å². The van der Waals surface area contributed by atoms with Gasteiger partial charge >= 0.3 is 6.61 Å². The van der Waals surface area contributed by atoms with Crippen molar-refractivity contribution in [2.75, 3.05) is 18.4 Å². The zero-order chi connectivity index (χ0) is 17.8. The molecule has 0 amide bonds. The lowest BCUT2D eigenvalue weighted by molar-refractivity contribution is -0.0499. The molecule has 1 saturated heterocycles. The van der Waals surface area contributed by atoms with Gasteiger partial charge in [0.05, 0.1) is 5.69 Å². The number of nitrogens with one attached hydrogen (secondary N) is 2. The maximum atomic E-state index is 12.2. The van der Waals surface area contributed by atoms with E-state index in [1.807, 2.05) is 13.0 Å². The van der Waals surface area contributed by atoms with Gasteiger partial charge in [0.15, 0.2) is 0 Å². The molecule has 1 aromatic carbocycles. The van der Waals surface area contributed by atoms with E-state index in [0.29, 0.717) is 23.1 Å². The first-order valence-corrected chi connectivity index (χ1v) is 8.12. The topological polar surface area (TPSA) is 79.3 Å². The maximum absolute atomic E-state index is 12.2. The van der Waals surface area contributed by atoms with E-state index in [0.717, 1.165) is 37.6 Å². The Balaban J connectivity index is 1.78. The highest BCUT2D eigenvalue weighted by molar-refractivity contribution is 5.71. The summed E-state index contributed by atoms with van der Waals surface area (Å²) in [4.78, 5) is 0. The summed E-state index contributed by atoms with van der Waals surface area (Å²) in [6.45, 7) is 0.838. The third-order valence-electron chi connectivity index (χ3n) is 4.08. The van der Waals surface area contributed by atoms with Crippen LogP contribution in [0.25, 0.3) is 11.3 Å². The molecule has 1 unspecified atom stereocenters. The zero-order valence-electron chi connectivity index (χ0n) is 13.8. The number of aromatic hydroxyl groups is 1. The minimum atomic E-state index is -2.94. The Labute approximate surface area is 144 Å². The van der Waals surface area contributed by atoms with Crippen LogP contribution in [0.5, 0.6) is 11.5 Å². The summed E-state index contributed by atoms with van der Waals surface area (Å²) in [5, 5.41) is 25.1. The molecule has 1 fully saturated rings. The van der Waals surface area contributed by atoms with Crippen molar-refractivity contribution in [1.82, 2.24) is 15.5 Å². The number of phenolic OH excluding ortho intramolecular Hbond substituents is 1. The molecule has 8 heteroatoms. The molecule has 0 saturated carbocycles. The number of alkyl halides is 2. The number of benzene rings is 1. The van der Waals surface area contributed by atoms with E-state index >= 15 is 0 Å². The Kier molecular flexibility index (Phi) is 5.28. The van der Waals surface area contributed by atoms with Crippen LogP contribution in [-0.2, 0) is 0 Å². The number of piperidine rings is 1. The highest BCUT2D eigenvalue weighted by Crippen LogP contribution is 2.33. The molecule has 3 N–H and O–H groups in total. The summed E-state index contributed by atoms with van der Waals surface area (Å²) >= 11 is 0. The SMILES string of the molecule is Cc1cc(NC2CCCNC2)nnc1-c1ccc(OC(F)F)cc1O. The molecule has 1 aromatic heterocycles. The predicted molar refractivity (Wildman–Crippen MR) is 90.0 cm³/mol. The third-order valence-corrected chi connectivity index (χ3v) is 4.08. The number of aryl methyl sites for hydroxylation is 1. The number of ether oxygens (including phenoxy) is 1. The average molecular weight is 350 g/mol. The number of halogens is 2. The van der Waals surface area contributed by atoms with E-state index in [1.165, 1.54) is 12.1 Å².